The largest absolute Gasteiger partial charge is 0.482 e. The minimum absolute atomic E-state index is 0.132. The van der Waals surface area contributed by atoms with Crippen LogP contribution in [0.3, 0.4) is 0 Å². The second-order valence-electron chi connectivity index (χ2n) is 8.52. The Morgan fingerprint density at radius 3 is 2.70 bits per heavy atom. The Labute approximate surface area is 175 Å². The predicted molar refractivity (Wildman–Crippen MR) is 109 cm³/mol. The van der Waals surface area contributed by atoms with Crippen LogP contribution >= 0.6 is 0 Å². The number of rotatable bonds is 7. The molecule has 2 aliphatic rings. The van der Waals surface area contributed by atoms with Crippen molar-refractivity contribution in [3.05, 3.63) is 29.4 Å². The Morgan fingerprint density at radius 2 is 2.03 bits per heavy atom. The molecule has 0 spiro atoms. The number of hydrogen-bond donors (Lipinski definition) is 1. The van der Waals surface area contributed by atoms with Gasteiger partial charge < -0.3 is 9.26 Å². The van der Waals surface area contributed by atoms with Gasteiger partial charge in [-0.2, -0.15) is 4.98 Å². The number of aromatic nitrogens is 2. The summed E-state index contributed by atoms with van der Waals surface area (Å²) in [4.78, 5) is 18.5. The number of amides is 1. The summed E-state index contributed by atoms with van der Waals surface area (Å²) in [5.41, 5.74) is 0.431. The summed E-state index contributed by atoms with van der Waals surface area (Å²) in [6.45, 7) is 7.23. The molecule has 0 bridgehead atoms. The van der Waals surface area contributed by atoms with Crippen molar-refractivity contribution < 1.29 is 22.5 Å². The highest BCUT2D eigenvalue weighted by Crippen LogP contribution is 2.40. The molecule has 1 amide bonds. The summed E-state index contributed by atoms with van der Waals surface area (Å²) in [5, 5.41) is 3.98. The van der Waals surface area contributed by atoms with Gasteiger partial charge in [-0.1, -0.05) is 12.1 Å². The van der Waals surface area contributed by atoms with Gasteiger partial charge in [-0.25, -0.2) is 13.1 Å². The van der Waals surface area contributed by atoms with Gasteiger partial charge in [0.05, 0.1) is 17.1 Å². The topological polar surface area (TPSA) is 115 Å². The average Bonchev–Trinajstić information content (AvgIpc) is 3.42. The first-order valence-electron chi connectivity index (χ1n) is 10.0. The van der Waals surface area contributed by atoms with E-state index in [4.69, 9.17) is 9.26 Å². The highest BCUT2D eigenvalue weighted by Gasteiger charge is 2.33. The van der Waals surface area contributed by atoms with Gasteiger partial charge in [0.15, 0.2) is 12.4 Å². The number of hydrogen-bond acceptors (Lipinski definition) is 7. The molecule has 0 atom stereocenters. The summed E-state index contributed by atoms with van der Waals surface area (Å²) >= 11 is 0. The van der Waals surface area contributed by atoms with Gasteiger partial charge in [-0.05, 0) is 51.7 Å². The molecular weight excluding hydrogens is 408 g/mol. The molecule has 9 nitrogen and oxygen atoms in total. The van der Waals surface area contributed by atoms with Crippen LogP contribution in [0.25, 0.3) is 0 Å². The molecule has 2 aromatic rings. The fourth-order valence-corrected chi connectivity index (χ4v) is 4.98. The quantitative estimate of drug-likeness (QED) is 0.712. The van der Waals surface area contributed by atoms with Crippen molar-refractivity contribution in [1.82, 2.24) is 14.9 Å². The monoisotopic (exact) mass is 434 g/mol. The van der Waals surface area contributed by atoms with E-state index in [-0.39, 0.29) is 24.0 Å². The van der Waals surface area contributed by atoms with E-state index < -0.39 is 15.6 Å². The third kappa shape index (κ3) is 4.06. The number of sulfonamides is 1. The molecule has 2 heterocycles. The molecule has 0 saturated heterocycles. The summed E-state index contributed by atoms with van der Waals surface area (Å²) in [6.07, 6.45) is 2.73. The van der Waals surface area contributed by atoms with Gasteiger partial charge in [0, 0.05) is 17.5 Å². The highest BCUT2D eigenvalue weighted by atomic mass is 32.2. The van der Waals surface area contributed by atoms with Crippen LogP contribution in [0, 0.1) is 6.92 Å². The summed E-state index contributed by atoms with van der Waals surface area (Å²) < 4.78 is 39.5. The number of nitrogens with zero attached hydrogens (tertiary/aromatic N) is 3. The normalized spacial score (nSPS) is 17.1. The number of benzene rings is 1. The number of nitrogens with one attached hydrogen (secondary N) is 1. The molecular formula is C20H26N4O5S. The maximum atomic E-state index is 12.9. The molecule has 30 heavy (non-hydrogen) atoms. The fourth-order valence-electron chi connectivity index (χ4n) is 3.26. The van der Waals surface area contributed by atoms with E-state index in [1.54, 1.807) is 13.0 Å². The molecule has 162 valence electrons. The first-order chi connectivity index (χ1) is 14.1. The van der Waals surface area contributed by atoms with Crippen molar-refractivity contribution in [1.29, 1.82) is 0 Å². The Hall–Kier alpha value is -2.46. The van der Waals surface area contributed by atoms with Gasteiger partial charge in [-0.15, -0.1) is 0 Å². The molecule has 1 fully saturated rings. The lowest BCUT2D eigenvalue weighted by molar-refractivity contribution is -0.121. The number of fused-ring (bicyclic) bond motifs is 1. The van der Waals surface area contributed by atoms with Gasteiger partial charge in [0.2, 0.25) is 15.9 Å². The molecule has 10 heteroatoms. The molecule has 1 N–H and O–H groups in total. The maximum Gasteiger partial charge on any atom is 0.265 e. The van der Waals surface area contributed by atoms with Crippen molar-refractivity contribution in [3.63, 3.8) is 0 Å². The minimum atomic E-state index is -3.76. The van der Waals surface area contributed by atoms with E-state index in [0.29, 0.717) is 41.1 Å². The lowest BCUT2D eigenvalue weighted by Crippen LogP contribution is -2.43. The molecule has 0 unspecified atom stereocenters. The van der Waals surface area contributed by atoms with Crippen LogP contribution in [0.1, 0.15) is 63.2 Å². The Balaban J connectivity index is 1.65. The molecule has 1 aliphatic heterocycles. The van der Waals surface area contributed by atoms with Crippen molar-refractivity contribution in [2.45, 2.75) is 69.9 Å². The Bertz CT molecular complexity index is 1090. The highest BCUT2D eigenvalue weighted by molar-refractivity contribution is 7.89. The van der Waals surface area contributed by atoms with E-state index >= 15 is 0 Å². The van der Waals surface area contributed by atoms with Crippen molar-refractivity contribution in [2.75, 3.05) is 11.5 Å². The first kappa shape index (κ1) is 20.8. The molecule has 4 rings (SSSR count). The van der Waals surface area contributed by atoms with E-state index in [2.05, 4.69) is 14.9 Å². The van der Waals surface area contributed by atoms with Crippen molar-refractivity contribution in [2.24, 2.45) is 0 Å². The van der Waals surface area contributed by atoms with Crippen LogP contribution in [0.15, 0.2) is 21.6 Å². The molecule has 1 aliphatic carbocycles. The zero-order chi connectivity index (χ0) is 21.7. The number of ether oxygens (including phenoxy) is 1. The second kappa shape index (κ2) is 7.35. The number of carbonyl (C=O) groups excluding carboxylic acids is 1. The molecule has 1 aromatic carbocycles. The summed E-state index contributed by atoms with van der Waals surface area (Å²) in [7, 11) is -3.76. The predicted octanol–water partition coefficient (Wildman–Crippen LogP) is 2.65. The summed E-state index contributed by atoms with van der Waals surface area (Å²) in [5.74, 6) is 1.43. The zero-order valence-electron chi connectivity index (χ0n) is 17.6. The SMILES string of the molecule is CCC(C)(C)NS(=O)(=O)c1cc2c(cc1C)N(Cc1noc(C3CC3)n1)C(=O)CO2. The van der Waals surface area contributed by atoms with Crippen molar-refractivity contribution in [3.8, 4) is 5.75 Å². The number of anilines is 1. The third-order valence-corrected chi connectivity index (χ3v) is 7.33. The van der Waals surface area contributed by atoms with E-state index in [1.165, 1.54) is 11.0 Å². The smallest absolute Gasteiger partial charge is 0.265 e. The molecule has 0 radical (unpaired) electrons. The average molecular weight is 435 g/mol. The Morgan fingerprint density at radius 1 is 1.30 bits per heavy atom. The van der Waals surface area contributed by atoms with E-state index in [1.807, 2.05) is 20.8 Å². The second-order valence-corrected chi connectivity index (χ2v) is 10.2. The van der Waals surface area contributed by atoms with Gasteiger partial charge >= 0.3 is 0 Å². The van der Waals surface area contributed by atoms with Crippen molar-refractivity contribution >= 4 is 21.6 Å². The third-order valence-electron chi connectivity index (χ3n) is 5.49. The lowest BCUT2D eigenvalue weighted by Gasteiger charge is -2.30. The minimum Gasteiger partial charge on any atom is -0.482 e. The zero-order valence-corrected chi connectivity index (χ0v) is 18.4. The van der Waals surface area contributed by atoms with Crippen LogP contribution in [-0.4, -0.2) is 36.6 Å². The molecule has 1 saturated carbocycles. The van der Waals surface area contributed by atoms with Gasteiger partial charge in [0.1, 0.15) is 5.75 Å². The number of aryl methyl sites for hydroxylation is 1. The lowest BCUT2D eigenvalue weighted by atomic mass is 10.0. The van der Waals surface area contributed by atoms with Gasteiger partial charge in [0.25, 0.3) is 5.91 Å². The first-order valence-corrected chi connectivity index (χ1v) is 11.5. The summed E-state index contributed by atoms with van der Waals surface area (Å²) in [6, 6.07) is 3.13. The van der Waals surface area contributed by atoms with E-state index in [9.17, 15) is 13.2 Å². The van der Waals surface area contributed by atoms with Crippen LogP contribution < -0.4 is 14.4 Å². The maximum absolute atomic E-state index is 12.9. The standard InChI is InChI=1S/C20H26N4O5S/c1-5-20(3,4)23-30(26,27)16-9-15-14(8-12(16)2)24(18(25)11-28-15)10-17-21-19(29-22-17)13-6-7-13/h8-9,13,23H,5-7,10-11H2,1-4H3. The van der Waals surface area contributed by atoms with Crippen LogP contribution in [-0.2, 0) is 21.4 Å². The van der Waals surface area contributed by atoms with Crippen LogP contribution in [0.2, 0.25) is 0 Å². The number of carbonyl (C=O) groups is 1. The van der Waals surface area contributed by atoms with Crippen LogP contribution in [0.4, 0.5) is 5.69 Å². The Kier molecular flexibility index (Phi) is 5.09. The van der Waals surface area contributed by atoms with Gasteiger partial charge in [-0.3, -0.25) is 9.69 Å². The van der Waals surface area contributed by atoms with Crippen LogP contribution in [0.5, 0.6) is 5.75 Å². The fraction of sp³-hybridized carbons (Fsp3) is 0.550. The van der Waals surface area contributed by atoms with E-state index in [0.717, 1.165) is 12.8 Å². The molecule has 1 aromatic heterocycles.